The summed E-state index contributed by atoms with van der Waals surface area (Å²) in [6.45, 7) is -0.116. The first-order valence-corrected chi connectivity index (χ1v) is 6.23. The van der Waals surface area contributed by atoms with Crippen molar-refractivity contribution in [2.45, 2.75) is 12.8 Å². The minimum atomic E-state index is -4.42. The highest BCUT2D eigenvalue weighted by Gasteiger charge is 2.30. The van der Waals surface area contributed by atoms with Crippen LogP contribution in [0.1, 0.15) is 11.4 Å². The van der Waals surface area contributed by atoms with Gasteiger partial charge >= 0.3 is 6.18 Å². The first kappa shape index (κ1) is 15.8. The molecule has 2 N–H and O–H groups in total. The average Bonchev–Trinajstić information content (AvgIpc) is 2.44. The van der Waals surface area contributed by atoms with Crippen molar-refractivity contribution in [3.8, 4) is 5.75 Å². The zero-order valence-corrected chi connectivity index (χ0v) is 11.9. The third-order valence-corrected chi connectivity index (χ3v) is 2.62. The standard InChI is InChI=1S/C13H14F3N5O/c1-21(2)12-19-10(18-11(17)20-12)7-22-9-5-3-4-8(6-9)13(14,15)16/h3-6H,7H2,1-2H3,(H2,17,18,19,20). The molecule has 2 aromatic rings. The van der Waals surface area contributed by atoms with Crippen molar-refractivity contribution in [1.29, 1.82) is 0 Å². The summed E-state index contributed by atoms with van der Waals surface area (Å²) in [6.07, 6.45) is -4.42. The van der Waals surface area contributed by atoms with Crippen LogP contribution in [0.15, 0.2) is 24.3 Å². The van der Waals surface area contributed by atoms with Crippen LogP contribution in [0, 0.1) is 0 Å². The molecule has 0 aliphatic heterocycles. The number of rotatable bonds is 4. The second-order valence-corrected chi connectivity index (χ2v) is 4.62. The lowest BCUT2D eigenvalue weighted by Crippen LogP contribution is -2.17. The van der Waals surface area contributed by atoms with E-state index < -0.39 is 11.7 Å². The monoisotopic (exact) mass is 313 g/mol. The van der Waals surface area contributed by atoms with E-state index in [-0.39, 0.29) is 24.1 Å². The van der Waals surface area contributed by atoms with Crippen LogP contribution in [-0.2, 0) is 12.8 Å². The van der Waals surface area contributed by atoms with Crippen molar-refractivity contribution in [3.05, 3.63) is 35.7 Å². The summed E-state index contributed by atoms with van der Waals surface area (Å²) in [5.41, 5.74) is 4.77. The Morgan fingerprint density at radius 3 is 2.55 bits per heavy atom. The van der Waals surface area contributed by atoms with E-state index in [2.05, 4.69) is 15.0 Å². The Labute approximate surface area is 124 Å². The van der Waals surface area contributed by atoms with E-state index >= 15 is 0 Å². The molecule has 0 atom stereocenters. The Morgan fingerprint density at radius 2 is 1.91 bits per heavy atom. The largest absolute Gasteiger partial charge is 0.486 e. The summed E-state index contributed by atoms with van der Waals surface area (Å²) in [7, 11) is 3.46. The van der Waals surface area contributed by atoms with Gasteiger partial charge in [-0.05, 0) is 18.2 Å². The lowest BCUT2D eigenvalue weighted by atomic mass is 10.2. The van der Waals surface area contributed by atoms with E-state index in [0.717, 1.165) is 12.1 Å². The fourth-order valence-corrected chi connectivity index (χ4v) is 1.60. The van der Waals surface area contributed by atoms with Gasteiger partial charge in [0.25, 0.3) is 0 Å². The zero-order valence-electron chi connectivity index (χ0n) is 11.9. The number of halogens is 3. The normalized spacial score (nSPS) is 11.3. The summed E-state index contributed by atoms with van der Waals surface area (Å²) in [5.74, 6) is 0.658. The highest BCUT2D eigenvalue weighted by atomic mass is 19.4. The highest BCUT2D eigenvalue weighted by Crippen LogP contribution is 2.31. The predicted octanol–water partition coefficient (Wildman–Crippen LogP) is 2.12. The van der Waals surface area contributed by atoms with Gasteiger partial charge in [0, 0.05) is 14.1 Å². The smallest absolute Gasteiger partial charge is 0.416 e. The van der Waals surface area contributed by atoms with Gasteiger partial charge in [-0.3, -0.25) is 0 Å². The minimum Gasteiger partial charge on any atom is -0.486 e. The summed E-state index contributed by atoms with van der Waals surface area (Å²) in [4.78, 5) is 13.5. The number of hydrogen-bond donors (Lipinski definition) is 1. The maximum absolute atomic E-state index is 12.6. The minimum absolute atomic E-state index is 0.0151. The molecule has 0 bridgehead atoms. The van der Waals surface area contributed by atoms with Crippen LogP contribution in [0.4, 0.5) is 25.1 Å². The molecule has 0 spiro atoms. The van der Waals surface area contributed by atoms with E-state index in [4.69, 9.17) is 10.5 Å². The Bertz CT molecular complexity index is 660. The average molecular weight is 313 g/mol. The summed E-state index contributed by atoms with van der Waals surface area (Å²) in [6, 6.07) is 4.58. The fraction of sp³-hybridized carbons (Fsp3) is 0.308. The van der Waals surface area contributed by atoms with Gasteiger partial charge in [-0.25, -0.2) is 0 Å². The second-order valence-electron chi connectivity index (χ2n) is 4.62. The molecule has 0 aliphatic carbocycles. The highest BCUT2D eigenvalue weighted by molar-refractivity contribution is 5.33. The molecule has 118 valence electrons. The number of nitrogens with zero attached hydrogens (tertiary/aromatic N) is 4. The molecule has 22 heavy (non-hydrogen) atoms. The number of nitrogens with two attached hydrogens (primary N) is 1. The SMILES string of the molecule is CN(C)c1nc(N)nc(COc2cccc(C(F)(F)F)c2)n1. The molecule has 0 fully saturated rings. The topological polar surface area (TPSA) is 77.2 Å². The van der Waals surface area contributed by atoms with Gasteiger partial charge in [0.1, 0.15) is 12.4 Å². The molecule has 9 heteroatoms. The molecule has 0 radical (unpaired) electrons. The van der Waals surface area contributed by atoms with Crippen molar-refractivity contribution in [2.75, 3.05) is 24.7 Å². The number of ether oxygens (including phenoxy) is 1. The molecule has 6 nitrogen and oxygen atoms in total. The van der Waals surface area contributed by atoms with Crippen LogP contribution in [-0.4, -0.2) is 29.0 Å². The van der Waals surface area contributed by atoms with E-state index in [1.165, 1.54) is 12.1 Å². The Morgan fingerprint density at radius 1 is 1.18 bits per heavy atom. The molecule has 1 heterocycles. The van der Waals surface area contributed by atoms with Crippen molar-refractivity contribution < 1.29 is 17.9 Å². The Hall–Kier alpha value is -2.58. The molecule has 0 saturated carbocycles. The molecule has 1 aromatic heterocycles. The van der Waals surface area contributed by atoms with Crippen molar-refractivity contribution in [3.63, 3.8) is 0 Å². The van der Waals surface area contributed by atoms with Gasteiger partial charge in [-0.1, -0.05) is 6.07 Å². The fourth-order valence-electron chi connectivity index (χ4n) is 1.60. The number of nitrogen functional groups attached to an aromatic ring is 1. The quantitative estimate of drug-likeness (QED) is 0.931. The van der Waals surface area contributed by atoms with Crippen molar-refractivity contribution >= 4 is 11.9 Å². The van der Waals surface area contributed by atoms with Gasteiger partial charge in [0.05, 0.1) is 5.56 Å². The molecule has 0 aliphatic rings. The van der Waals surface area contributed by atoms with Crippen LogP contribution >= 0.6 is 0 Å². The van der Waals surface area contributed by atoms with E-state index in [9.17, 15) is 13.2 Å². The van der Waals surface area contributed by atoms with Gasteiger partial charge < -0.3 is 15.4 Å². The summed E-state index contributed by atoms with van der Waals surface area (Å²) in [5, 5.41) is 0. The molecule has 0 unspecified atom stereocenters. The van der Waals surface area contributed by atoms with E-state index in [1.54, 1.807) is 19.0 Å². The van der Waals surface area contributed by atoms with Gasteiger partial charge in [-0.15, -0.1) is 0 Å². The molecule has 0 saturated heterocycles. The Balaban J connectivity index is 2.14. The number of benzene rings is 1. The van der Waals surface area contributed by atoms with Gasteiger partial charge in [0.15, 0.2) is 5.82 Å². The molecule has 0 amide bonds. The summed E-state index contributed by atoms with van der Waals surface area (Å²) >= 11 is 0. The lowest BCUT2D eigenvalue weighted by molar-refractivity contribution is -0.137. The summed E-state index contributed by atoms with van der Waals surface area (Å²) < 4.78 is 43.1. The maximum Gasteiger partial charge on any atom is 0.416 e. The van der Waals surface area contributed by atoms with E-state index in [0.29, 0.717) is 5.95 Å². The predicted molar refractivity (Wildman–Crippen MR) is 74.3 cm³/mol. The number of anilines is 2. The molecule has 2 rings (SSSR count). The zero-order chi connectivity index (χ0) is 16.3. The van der Waals surface area contributed by atoms with Gasteiger partial charge in [-0.2, -0.15) is 28.1 Å². The van der Waals surface area contributed by atoms with Crippen LogP contribution in [0.2, 0.25) is 0 Å². The first-order valence-electron chi connectivity index (χ1n) is 6.23. The molecular weight excluding hydrogens is 299 g/mol. The van der Waals surface area contributed by atoms with Gasteiger partial charge in [0.2, 0.25) is 11.9 Å². The van der Waals surface area contributed by atoms with Crippen LogP contribution in [0.3, 0.4) is 0 Å². The van der Waals surface area contributed by atoms with Crippen LogP contribution < -0.4 is 15.4 Å². The Kier molecular flexibility index (Phi) is 4.34. The third-order valence-electron chi connectivity index (χ3n) is 2.62. The number of alkyl halides is 3. The lowest BCUT2D eigenvalue weighted by Gasteiger charge is -2.12. The van der Waals surface area contributed by atoms with Crippen molar-refractivity contribution in [1.82, 2.24) is 15.0 Å². The van der Waals surface area contributed by atoms with Crippen molar-refractivity contribution in [2.24, 2.45) is 0 Å². The number of hydrogen-bond acceptors (Lipinski definition) is 6. The molecular formula is C13H14F3N5O. The third kappa shape index (κ3) is 3.96. The number of aromatic nitrogens is 3. The second kappa shape index (κ2) is 6.04. The van der Waals surface area contributed by atoms with Crippen LogP contribution in [0.5, 0.6) is 5.75 Å². The maximum atomic E-state index is 12.6. The molecule has 1 aromatic carbocycles. The van der Waals surface area contributed by atoms with Crippen LogP contribution in [0.25, 0.3) is 0 Å². The first-order chi connectivity index (χ1) is 10.3. The van der Waals surface area contributed by atoms with E-state index in [1.807, 2.05) is 0 Å².